The molecule has 0 aliphatic rings. The fraction of sp³-hybridized carbons (Fsp3) is 0.333. The highest BCUT2D eigenvalue weighted by atomic mass is 35.5. The normalized spacial score (nSPS) is 10.1. The number of anilines is 1. The molecule has 0 atom stereocenters. The van der Waals surface area contributed by atoms with Gasteiger partial charge >= 0.3 is 0 Å². The van der Waals surface area contributed by atoms with E-state index in [0.717, 1.165) is 18.7 Å². The Hall–Kier alpha value is -0.110. The van der Waals surface area contributed by atoms with Gasteiger partial charge in [0.1, 0.15) is 0 Å². The molecule has 1 aromatic rings. The van der Waals surface area contributed by atoms with Gasteiger partial charge in [-0.2, -0.15) is 0 Å². The van der Waals surface area contributed by atoms with E-state index in [2.05, 4.69) is 5.32 Å². The number of hydrogen-bond acceptors (Lipinski definition) is 1. The van der Waals surface area contributed by atoms with Gasteiger partial charge in [0.2, 0.25) is 0 Å². The number of alkyl halides is 1. The molecule has 4 heteroatoms. The van der Waals surface area contributed by atoms with Gasteiger partial charge in [0.25, 0.3) is 0 Å². The average molecular weight is 239 g/mol. The zero-order valence-electron chi connectivity index (χ0n) is 6.99. The van der Waals surface area contributed by atoms with Crippen LogP contribution in [-0.2, 0) is 0 Å². The number of hydrogen-bond donors (Lipinski definition) is 1. The van der Waals surface area contributed by atoms with E-state index in [1.807, 2.05) is 6.07 Å². The van der Waals surface area contributed by atoms with E-state index in [0.29, 0.717) is 15.9 Å². The third kappa shape index (κ3) is 3.63. The number of benzene rings is 1. The van der Waals surface area contributed by atoms with Gasteiger partial charge in [0.15, 0.2) is 0 Å². The van der Waals surface area contributed by atoms with E-state index < -0.39 is 0 Å². The molecule has 0 saturated heterocycles. The lowest BCUT2D eigenvalue weighted by molar-refractivity contribution is 0.987. The Morgan fingerprint density at radius 2 is 1.92 bits per heavy atom. The molecule has 0 radical (unpaired) electrons. The van der Waals surface area contributed by atoms with Gasteiger partial charge < -0.3 is 5.32 Å². The molecule has 0 heterocycles. The predicted octanol–water partition coefficient (Wildman–Crippen LogP) is 4.03. The highest BCUT2D eigenvalue weighted by Crippen LogP contribution is 2.24. The van der Waals surface area contributed by atoms with Crippen LogP contribution in [0.2, 0.25) is 10.0 Å². The zero-order chi connectivity index (χ0) is 9.68. The van der Waals surface area contributed by atoms with E-state index >= 15 is 0 Å². The average Bonchev–Trinajstić information content (AvgIpc) is 2.12. The molecule has 0 aliphatic heterocycles. The maximum Gasteiger partial charge on any atom is 0.0612 e. The van der Waals surface area contributed by atoms with Crippen LogP contribution in [0.25, 0.3) is 0 Å². The molecule has 13 heavy (non-hydrogen) atoms. The molecular weight excluding hydrogens is 228 g/mol. The third-order valence-electron chi connectivity index (χ3n) is 1.56. The molecular formula is C9H10Cl3N. The van der Waals surface area contributed by atoms with Crippen LogP contribution in [0.1, 0.15) is 6.42 Å². The minimum absolute atomic E-state index is 0.567. The van der Waals surface area contributed by atoms with E-state index in [1.54, 1.807) is 12.1 Å². The summed E-state index contributed by atoms with van der Waals surface area (Å²) in [4.78, 5) is 0. The lowest BCUT2D eigenvalue weighted by Crippen LogP contribution is -2.01. The first-order valence-electron chi connectivity index (χ1n) is 3.99. The molecule has 72 valence electrons. The summed E-state index contributed by atoms with van der Waals surface area (Å²) < 4.78 is 0. The minimum Gasteiger partial charge on any atom is -0.385 e. The molecule has 0 aliphatic carbocycles. The maximum atomic E-state index is 5.83. The molecule has 0 spiro atoms. The summed E-state index contributed by atoms with van der Waals surface area (Å²) in [7, 11) is 0. The van der Waals surface area contributed by atoms with Crippen molar-refractivity contribution in [3.05, 3.63) is 28.2 Å². The van der Waals surface area contributed by atoms with Crippen LogP contribution in [0.15, 0.2) is 18.2 Å². The second-order valence-corrected chi connectivity index (χ2v) is 3.79. The van der Waals surface area contributed by atoms with E-state index in [9.17, 15) is 0 Å². The van der Waals surface area contributed by atoms with Crippen molar-refractivity contribution in [2.45, 2.75) is 6.42 Å². The van der Waals surface area contributed by atoms with Crippen molar-refractivity contribution < 1.29 is 0 Å². The van der Waals surface area contributed by atoms with E-state index in [-0.39, 0.29) is 0 Å². The van der Waals surface area contributed by atoms with Crippen molar-refractivity contribution in [2.24, 2.45) is 0 Å². The van der Waals surface area contributed by atoms with Crippen molar-refractivity contribution in [3.8, 4) is 0 Å². The molecule has 1 nitrogen and oxygen atoms in total. The number of rotatable bonds is 4. The summed E-state index contributed by atoms with van der Waals surface area (Å²) >= 11 is 17.1. The minimum atomic E-state index is 0.567. The van der Waals surface area contributed by atoms with Crippen molar-refractivity contribution in [1.82, 2.24) is 0 Å². The first-order chi connectivity index (χ1) is 6.24. The standard InChI is InChI=1S/C9H10Cl3N/c10-4-1-5-13-7-2-3-8(11)9(12)6-7/h2-3,6,13H,1,4-5H2. The third-order valence-corrected chi connectivity index (χ3v) is 2.57. The molecule has 0 amide bonds. The van der Waals surface area contributed by atoms with Crippen molar-refractivity contribution in [2.75, 3.05) is 17.7 Å². The Labute approximate surface area is 93.0 Å². The van der Waals surface area contributed by atoms with Gasteiger partial charge in [-0.05, 0) is 24.6 Å². The predicted molar refractivity (Wildman–Crippen MR) is 60.3 cm³/mol. The van der Waals surface area contributed by atoms with Gasteiger partial charge in [-0.25, -0.2) is 0 Å². The van der Waals surface area contributed by atoms with Crippen molar-refractivity contribution in [1.29, 1.82) is 0 Å². The molecule has 0 bridgehead atoms. The highest BCUT2D eigenvalue weighted by Gasteiger charge is 1.97. The topological polar surface area (TPSA) is 12.0 Å². The Kier molecular flexibility index (Phi) is 4.71. The van der Waals surface area contributed by atoms with Crippen molar-refractivity contribution in [3.63, 3.8) is 0 Å². The summed E-state index contributed by atoms with van der Waals surface area (Å²) in [5, 5.41) is 4.33. The maximum absolute atomic E-state index is 5.83. The summed E-state index contributed by atoms with van der Waals surface area (Å²) in [5.74, 6) is 0.661. The van der Waals surface area contributed by atoms with Gasteiger partial charge in [0, 0.05) is 18.1 Å². The van der Waals surface area contributed by atoms with Gasteiger partial charge in [0.05, 0.1) is 10.0 Å². The van der Waals surface area contributed by atoms with E-state index in [1.165, 1.54) is 0 Å². The van der Waals surface area contributed by atoms with Crippen LogP contribution in [0.4, 0.5) is 5.69 Å². The quantitative estimate of drug-likeness (QED) is 0.617. The zero-order valence-corrected chi connectivity index (χ0v) is 9.26. The second-order valence-electron chi connectivity index (χ2n) is 2.60. The lowest BCUT2D eigenvalue weighted by Gasteiger charge is -2.05. The fourth-order valence-electron chi connectivity index (χ4n) is 0.906. The van der Waals surface area contributed by atoms with Gasteiger partial charge in [-0.1, -0.05) is 23.2 Å². The summed E-state index contributed by atoms with van der Waals surface area (Å²) in [6.45, 7) is 0.849. The lowest BCUT2D eigenvalue weighted by atomic mass is 10.3. The summed E-state index contributed by atoms with van der Waals surface area (Å²) in [6.07, 6.45) is 0.932. The van der Waals surface area contributed by atoms with Crippen LogP contribution < -0.4 is 5.32 Å². The molecule has 1 N–H and O–H groups in total. The fourth-order valence-corrected chi connectivity index (χ4v) is 1.34. The first kappa shape index (κ1) is 11.0. The van der Waals surface area contributed by atoms with Crippen LogP contribution in [0.3, 0.4) is 0 Å². The van der Waals surface area contributed by atoms with Gasteiger partial charge in [-0.3, -0.25) is 0 Å². The van der Waals surface area contributed by atoms with Crippen LogP contribution >= 0.6 is 34.8 Å². The van der Waals surface area contributed by atoms with Gasteiger partial charge in [-0.15, -0.1) is 11.6 Å². The Morgan fingerprint density at radius 3 is 2.54 bits per heavy atom. The summed E-state index contributed by atoms with van der Waals surface area (Å²) in [6, 6.07) is 5.47. The van der Waals surface area contributed by atoms with E-state index in [4.69, 9.17) is 34.8 Å². The monoisotopic (exact) mass is 237 g/mol. The second kappa shape index (κ2) is 5.58. The Morgan fingerprint density at radius 1 is 1.15 bits per heavy atom. The van der Waals surface area contributed by atoms with Crippen LogP contribution in [0, 0.1) is 0 Å². The SMILES string of the molecule is ClCCCNc1ccc(Cl)c(Cl)c1. The first-order valence-corrected chi connectivity index (χ1v) is 5.28. The Balaban J connectivity index is 2.53. The molecule has 1 rings (SSSR count). The molecule has 0 unspecified atom stereocenters. The number of halogens is 3. The van der Waals surface area contributed by atoms with Crippen molar-refractivity contribution >= 4 is 40.5 Å². The number of nitrogens with one attached hydrogen (secondary N) is 1. The molecule has 0 fully saturated rings. The van der Waals surface area contributed by atoms with Crippen LogP contribution in [0.5, 0.6) is 0 Å². The molecule has 0 aromatic heterocycles. The smallest absolute Gasteiger partial charge is 0.0612 e. The molecule has 0 saturated carbocycles. The molecule has 1 aromatic carbocycles. The highest BCUT2D eigenvalue weighted by molar-refractivity contribution is 6.42. The summed E-state index contributed by atoms with van der Waals surface area (Å²) in [5.41, 5.74) is 0.972. The largest absolute Gasteiger partial charge is 0.385 e. The van der Waals surface area contributed by atoms with Crippen LogP contribution in [-0.4, -0.2) is 12.4 Å². The Bertz CT molecular complexity index is 276.